The molecular weight excluding hydrogens is 252 g/mol. The number of hydrogen-bond acceptors (Lipinski definition) is 3. The average molecular weight is 268 g/mol. The molecule has 0 aliphatic heterocycles. The molecule has 0 spiro atoms. The zero-order valence-electron chi connectivity index (χ0n) is 11.8. The van der Waals surface area contributed by atoms with Gasteiger partial charge in [-0.1, -0.05) is 12.1 Å². The lowest BCUT2D eigenvalue weighted by Gasteiger charge is -2.15. The van der Waals surface area contributed by atoms with Gasteiger partial charge in [-0.25, -0.2) is 0 Å². The van der Waals surface area contributed by atoms with Gasteiger partial charge in [0.2, 0.25) is 0 Å². The molecule has 2 aliphatic carbocycles. The van der Waals surface area contributed by atoms with Crippen molar-refractivity contribution in [1.29, 1.82) is 0 Å². The number of benzene rings is 1. The summed E-state index contributed by atoms with van der Waals surface area (Å²) in [5, 5.41) is 2.06. The predicted octanol–water partition coefficient (Wildman–Crippen LogP) is 1.46. The van der Waals surface area contributed by atoms with E-state index in [1.165, 1.54) is 6.08 Å². The molecule has 0 bridgehead atoms. The number of hydrogen-bond donors (Lipinski definition) is 0. The van der Waals surface area contributed by atoms with Crippen LogP contribution in [0.3, 0.4) is 0 Å². The standard InChI is InChI=1S/C17H16O3/c1-10(2)20-14-6-4-5-11-7-12-8-13(18)9-15(19-3)17(12)16(11)14/h4-10H,1-3H3. The number of allylic oxidation sites excluding steroid dienone is 3. The van der Waals surface area contributed by atoms with Crippen molar-refractivity contribution in [3.63, 3.8) is 0 Å². The third kappa shape index (κ3) is 1.95. The van der Waals surface area contributed by atoms with Crippen molar-refractivity contribution in [1.82, 2.24) is 0 Å². The minimum atomic E-state index is -0.0454. The highest BCUT2D eigenvalue weighted by atomic mass is 16.5. The van der Waals surface area contributed by atoms with Gasteiger partial charge in [-0.3, -0.25) is 4.79 Å². The molecule has 0 saturated carbocycles. The fourth-order valence-electron chi connectivity index (χ4n) is 2.61. The first kappa shape index (κ1) is 12.7. The van der Waals surface area contributed by atoms with Crippen molar-refractivity contribution >= 4 is 17.4 Å². The molecule has 20 heavy (non-hydrogen) atoms. The number of methoxy groups -OCH3 is 1. The maximum absolute atomic E-state index is 11.7. The summed E-state index contributed by atoms with van der Waals surface area (Å²) in [5.74, 6) is 1.38. The van der Waals surface area contributed by atoms with Crippen LogP contribution in [0.1, 0.15) is 13.8 Å². The fraction of sp³-hybridized carbons (Fsp3) is 0.235. The van der Waals surface area contributed by atoms with E-state index in [0.717, 1.165) is 27.3 Å². The maximum atomic E-state index is 11.7. The van der Waals surface area contributed by atoms with E-state index < -0.39 is 0 Å². The van der Waals surface area contributed by atoms with Crippen LogP contribution >= 0.6 is 0 Å². The predicted molar refractivity (Wildman–Crippen MR) is 77.5 cm³/mol. The number of ketones is 1. The molecular formula is C17H16O3. The van der Waals surface area contributed by atoms with E-state index in [9.17, 15) is 4.79 Å². The van der Waals surface area contributed by atoms with E-state index in [2.05, 4.69) is 0 Å². The molecule has 0 radical (unpaired) electrons. The summed E-state index contributed by atoms with van der Waals surface area (Å²) in [5.41, 5.74) is 1.84. The molecule has 0 atom stereocenters. The van der Waals surface area contributed by atoms with Gasteiger partial charge in [0, 0.05) is 16.9 Å². The van der Waals surface area contributed by atoms with Gasteiger partial charge in [-0.15, -0.1) is 0 Å². The normalized spacial score (nSPS) is 16.2. The molecule has 0 saturated heterocycles. The first-order chi connectivity index (χ1) is 9.60. The van der Waals surface area contributed by atoms with Gasteiger partial charge in [-0.05, 0) is 42.9 Å². The highest BCUT2D eigenvalue weighted by Crippen LogP contribution is 2.28. The molecule has 0 amide bonds. The van der Waals surface area contributed by atoms with Gasteiger partial charge in [0.05, 0.1) is 13.2 Å². The molecule has 0 unspecified atom stereocenters. The van der Waals surface area contributed by atoms with Gasteiger partial charge >= 0.3 is 0 Å². The van der Waals surface area contributed by atoms with Gasteiger partial charge in [0.15, 0.2) is 5.78 Å². The van der Waals surface area contributed by atoms with Crippen LogP contribution in [0.5, 0.6) is 5.75 Å². The van der Waals surface area contributed by atoms with Crippen molar-refractivity contribution in [3.8, 4) is 5.75 Å². The lowest BCUT2D eigenvalue weighted by Crippen LogP contribution is -2.27. The van der Waals surface area contributed by atoms with E-state index in [0.29, 0.717) is 5.76 Å². The highest BCUT2D eigenvalue weighted by Gasteiger charge is 2.23. The molecule has 3 heteroatoms. The number of rotatable bonds is 3. The van der Waals surface area contributed by atoms with Crippen LogP contribution in [0.25, 0.3) is 11.6 Å². The van der Waals surface area contributed by atoms with Crippen molar-refractivity contribution in [3.05, 3.63) is 52.1 Å². The quantitative estimate of drug-likeness (QED) is 0.832. The van der Waals surface area contributed by atoms with E-state index in [1.54, 1.807) is 13.2 Å². The van der Waals surface area contributed by atoms with Crippen molar-refractivity contribution in [2.75, 3.05) is 7.11 Å². The van der Waals surface area contributed by atoms with E-state index in [-0.39, 0.29) is 11.9 Å². The van der Waals surface area contributed by atoms with Gasteiger partial charge < -0.3 is 9.47 Å². The highest BCUT2D eigenvalue weighted by molar-refractivity contribution is 6.11. The Morgan fingerprint density at radius 3 is 2.60 bits per heavy atom. The Kier molecular flexibility index (Phi) is 2.97. The molecule has 102 valence electrons. The summed E-state index contributed by atoms with van der Waals surface area (Å²) < 4.78 is 11.3. The fourth-order valence-corrected chi connectivity index (χ4v) is 2.61. The van der Waals surface area contributed by atoms with Crippen LogP contribution in [0.4, 0.5) is 0 Å². The van der Waals surface area contributed by atoms with Crippen LogP contribution in [0, 0.1) is 0 Å². The molecule has 1 aromatic rings. The first-order valence-electron chi connectivity index (χ1n) is 6.64. The Bertz CT molecular complexity index is 764. The van der Waals surface area contributed by atoms with Crippen molar-refractivity contribution in [2.45, 2.75) is 20.0 Å². The van der Waals surface area contributed by atoms with Crippen LogP contribution in [0.15, 0.2) is 41.7 Å². The maximum Gasteiger partial charge on any atom is 0.182 e. The lowest BCUT2D eigenvalue weighted by molar-refractivity contribution is -0.110. The third-order valence-corrected chi connectivity index (χ3v) is 3.31. The lowest BCUT2D eigenvalue weighted by atomic mass is 9.98. The number of carbonyl (C=O) groups is 1. The second-order valence-corrected chi connectivity index (χ2v) is 5.12. The summed E-state index contributed by atoms with van der Waals surface area (Å²) >= 11 is 0. The Balaban J connectivity index is 2.33. The first-order valence-corrected chi connectivity index (χ1v) is 6.64. The molecule has 3 nitrogen and oxygen atoms in total. The molecule has 0 N–H and O–H groups in total. The van der Waals surface area contributed by atoms with Gasteiger partial charge in [-0.2, -0.15) is 0 Å². The summed E-state index contributed by atoms with van der Waals surface area (Å²) in [6, 6.07) is 5.93. The largest absolute Gasteiger partial charge is 0.496 e. The second-order valence-electron chi connectivity index (χ2n) is 5.12. The summed E-state index contributed by atoms with van der Waals surface area (Å²) in [6.45, 7) is 3.99. The average Bonchev–Trinajstić information content (AvgIpc) is 2.76. The SMILES string of the molecule is COC1=CC(=O)C=C2C=c3cccc(OC(C)C)c3=C21. The Morgan fingerprint density at radius 2 is 1.90 bits per heavy atom. The van der Waals surface area contributed by atoms with Crippen LogP contribution in [0.2, 0.25) is 0 Å². The molecule has 0 heterocycles. The van der Waals surface area contributed by atoms with Gasteiger partial charge in [0.1, 0.15) is 11.5 Å². The zero-order chi connectivity index (χ0) is 14.3. The Morgan fingerprint density at radius 1 is 1.10 bits per heavy atom. The molecule has 1 aromatic carbocycles. The van der Waals surface area contributed by atoms with Crippen LogP contribution in [-0.2, 0) is 9.53 Å². The minimum absolute atomic E-state index is 0.0454. The molecule has 0 aromatic heterocycles. The van der Waals surface area contributed by atoms with E-state index >= 15 is 0 Å². The van der Waals surface area contributed by atoms with E-state index in [1.807, 2.05) is 38.1 Å². The summed E-state index contributed by atoms with van der Waals surface area (Å²) in [4.78, 5) is 11.7. The second kappa shape index (κ2) is 4.67. The van der Waals surface area contributed by atoms with Crippen LogP contribution < -0.4 is 15.2 Å². The smallest absolute Gasteiger partial charge is 0.182 e. The number of carbonyl (C=O) groups excluding carboxylic acids is 1. The minimum Gasteiger partial charge on any atom is -0.496 e. The monoisotopic (exact) mass is 268 g/mol. The van der Waals surface area contributed by atoms with E-state index in [4.69, 9.17) is 9.47 Å². The topological polar surface area (TPSA) is 35.5 Å². The Labute approximate surface area is 117 Å². The zero-order valence-corrected chi connectivity index (χ0v) is 11.8. The van der Waals surface area contributed by atoms with Gasteiger partial charge in [0.25, 0.3) is 0 Å². The summed E-state index contributed by atoms with van der Waals surface area (Å²) in [6.07, 6.45) is 5.25. The third-order valence-electron chi connectivity index (χ3n) is 3.31. The number of ether oxygens (including phenoxy) is 2. The number of fused-ring (bicyclic) bond motifs is 2. The van der Waals surface area contributed by atoms with Crippen molar-refractivity contribution < 1.29 is 14.3 Å². The van der Waals surface area contributed by atoms with Crippen LogP contribution in [-0.4, -0.2) is 19.0 Å². The summed E-state index contributed by atoms with van der Waals surface area (Å²) in [7, 11) is 1.58. The molecule has 3 rings (SSSR count). The van der Waals surface area contributed by atoms with Crippen molar-refractivity contribution in [2.24, 2.45) is 0 Å². The Hall–Kier alpha value is -2.29. The molecule has 0 fully saturated rings. The molecule has 2 aliphatic rings.